The van der Waals surface area contributed by atoms with Crippen LogP contribution in [0.4, 0.5) is 0 Å². The van der Waals surface area contributed by atoms with Gasteiger partial charge in [-0.25, -0.2) is 8.42 Å². The number of carbonyl (C=O) groups is 1. The quantitative estimate of drug-likeness (QED) is 0.331. The molecule has 0 N–H and O–H groups in total. The van der Waals surface area contributed by atoms with E-state index in [-0.39, 0.29) is 31.1 Å². The van der Waals surface area contributed by atoms with Crippen LogP contribution in [0.2, 0.25) is 0 Å². The molecule has 0 aliphatic carbocycles. The van der Waals surface area contributed by atoms with E-state index in [9.17, 15) is 13.2 Å². The van der Waals surface area contributed by atoms with Crippen molar-refractivity contribution in [2.75, 3.05) is 39.8 Å². The second kappa shape index (κ2) is 11.0. The van der Waals surface area contributed by atoms with E-state index < -0.39 is 10.0 Å². The molecule has 2 atom stereocenters. The van der Waals surface area contributed by atoms with Crippen LogP contribution in [-0.2, 0) is 21.2 Å². The standard InChI is InChI=1S/C31H33N3O4S2/c1-22-20-32(16-17-34(22)40(36,37)27-12-9-23-5-3-4-6-25(23)19-27)30(35)21-33-15-13-29-28(14-18-39-29)31(33)24-7-10-26(38-2)11-8-24/h3-12,14,18-19,22,31H,13,15-17,20-21H2,1-2H3/t22-,31-/m1/s1. The number of fused-ring (bicyclic) bond motifs is 2. The van der Waals surface area contributed by atoms with Crippen LogP contribution in [0.15, 0.2) is 83.1 Å². The van der Waals surface area contributed by atoms with Gasteiger partial charge in [-0.1, -0.05) is 42.5 Å². The summed E-state index contributed by atoms with van der Waals surface area (Å²) in [6.07, 6.45) is 0.918. The molecule has 2 aliphatic rings. The van der Waals surface area contributed by atoms with Gasteiger partial charge in [0.05, 0.1) is 24.6 Å². The molecule has 4 aromatic rings. The highest BCUT2D eigenvalue weighted by Gasteiger charge is 2.37. The van der Waals surface area contributed by atoms with Gasteiger partial charge in [-0.3, -0.25) is 9.69 Å². The molecule has 7 nitrogen and oxygen atoms in total. The first kappa shape index (κ1) is 27.0. The first-order valence-electron chi connectivity index (χ1n) is 13.6. The van der Waals surface area contributed by atoms with Crippen molar-refractivity contribution >= 4 is 38.0 Å². The number of hydrogen-bond donors (Lipinski definition) is 0. The Kier molecular flexibility index (Phi) is 7.39. The first-order chi connectivity index (χ1) is 19.3. The molecule has 1 amide bonds. The van der Waals surface area contributed by atoms with Crippen molar-refractivity contribution in [1.82, 2.24) is 14.1 Å². The Morgan fingerprint density at radius 3 is 2.50 bits per heavy atom. The molecule has 9 heteroatoms. The van der Waals surface area contributed by atoms with Crippen LogP contribution in [0.5, 0.6) is 5.75 Å². The second-order valence-corrected chi connectivity index (χ2v) is 13.4. The lowest BCUT2D eigenvalue weighted by molar-refractivity contribution is -0.135. The van der Waals surface area contributed by atoms with E-state index in [2.05, 4.69) is 28.5 Å². The summed E-state index contributed by atoms with van der Waals surface area (Å²) in [5.41, 5.74) is 2.39. The summed E-state index contributed by atoms with van der Waals surface area (Å²) < 4.78 is 34.0. The Bertz CT molecular complexity index is 1630. The smallest absolute Gasteiger partial charge is 0.243 e. The van der Waals surface area contributed by atoms with Crippen LogP contribution in [0.3, 0.4) is 0 Å². The van der Waals surface area contributed by atoms with Crippen LogP contribution in [-0.4, -0.2) is 74.3 Å². The van der Waals surface area contributed by atoms with Gasteiger partial charge in [0.15, 0.2) is 0 Å². The van der Waals surface area contributed by atoms with E-state index in [1.807, 2.05) is 54.3 Å². The topological polar surface area (TPSA) is 70.2 Å². The Balaban J connectivity index is 1.17. The number of sulfonamides is 1. The van der Waals surface area contributed by atoms with Gasteiger partial charge in [-0.05, 0) is 71.0 Å². The molecule has 40 heavy (non-hydrogen) atoms. The number of hydrogen-bond acceptors (Lipinski definition) is 6. The predicted molar refractivity (Wildman–Crippen MR) is 158 cm³/mol. The molecule has 0 bridgehead atoms. The summed E-state index contributed by atoms with van der Waals surface area (Å²) in [6.45, 7) is 3.99. The molecular formula is C31H33N3O4S2. The number of piperazine rings is 1. The van der Waals surface area contributed by atoms with Crippen LogP contribution in [0.25, 0.3) is 10.8 Å². The van der Waals surface area contributed by atoms with E-state index >= 15 is 0 Å². The van der Waals surface area contributed by atoms with E-state index in [1.165, 1.54) is 10.4 Å². The molecular weight excluding hydrogens is 542 g/mol. The van der Waals surface area contributed by atoms with Crippen LogP contribution in [0, 0.1) is 0 Å². The lowest BCUT2D eigenvalue weighted by atomic mass is 9.93. The lowest BCUT2D eigenvalue weighted by Crippen LogP contribution is -2.57. The van der Waals surface area contributed by atoms with E-state index in [4.69, 9.17) is 4.74 Å². The van der Waals surface area contributed by atoms with Crippen molar-refractivity contribution < 1.29 is 17.9 Å². The third kappa shape index (κ3) is 5.03. The van der Waals surface area contributed by atoms with Crippen molar-refractivity contribution in [2.45, 2.75) is 30.3 Å². The molecule has 1 fully saturated rings. The van der Waals surface area contributed by atoms with Crippen molar-refractivity contribution in [3.63, 3.8) is 0 Å². The van der Waals surface area contributed by atoms with Crippen molar-refractivity contribution in [2.24, 2.45) is 0 Å². The monoisotopic (exact) mass is 575 g/mol. The first-order valence-corrected chi connectivity index (χ1v) is 15.9. The minimum atomic E-state index is -3.68. The normalized spacial score (nSPS) is 20.4. The zero-order chi connectivity index (χ0) is 27.9. The summed E-state index contributed by atoms with van der Waals surface area (Å²) in [5, 5.41) is 4.03. The fourth-order valence-electron chi connectivity index (χ4n) is 5.98. The number of methoxy groups -OCH3 is 1. The van der Waals surface area contributed by atoms with E-state index in [0.29, 0.717) is 18.0 Å². The largest absolute Gasteiger partial charge is 0.497 e. The zero-order valence-electron chi connectivity index (χ0n) is 22.7. The summed E-state index contributed by atoms with van der Waals surface area (Å²) >= 11 is 1.77. The molecule has 6 rings (SSSR count). The molecule has 0 spiro atoms. The Labute approximate surface area is 239 Å². The SMILES string of the molecule is COc1ccc([C@@H]2c3ccsc3CCN2CC(=O)N2CCN(S(=O)(=O)c3ccc4ccccc4c3)[C@H](C)C2)cc1. The van der Waals surface area contributed by atoms with Gasteiger partial charge in [-0.2, -0.15) is 4.31 Å². The fraction of sp³-hybridized carbons (Fsp3) is 0.323. The molecule has 0 radical (unpaired) electrons. The van der Waals surface area contributed by atoms with Gasteiger partial charge in [0, 0.05) is 37.1 Å². The summed E-state index contributed by atoms with van der Waals surface area (Å²) in [7, 11) is -2.02. The van der Waals surface area contributed by atoms with Crippen molar-refractivity contribution in [3.8, 4) is 5.75 Å². The molecule has 3 heterocycles. The maximum absolute atomic E-state index is 13.6. The van der Waals surface area contributed by atoms with Gasteiger partial charge >= 0.3 is 0 Å². The lowest BCUT2D eigenvalue weighted by Gasteiger charge is -2.41. The van der Waals surface area contributed by atoms with Crippen LogP contribution >= 0.6 is 11.3 Å². The molecule has 1 saturated heterocycles. The predicted octanol–water partition coefficient (Wildman–Crippen LogP) is 4.78. The molecule has 3 aromatic carbocycles. The van der Waals surface area contributed by atoms with Crippen LogP contribution in [0.1, 0.15) is 29.0 Å². The Morgan fingerprint density at radius 1 is 0.975 bits per heavy atom. The number of thiophene rings is 1. The van der Waals surface area contributed by atoms with Gasteiger partial charge < -0.3 is 9.64 Å². The summed E-state index contributed by atoms with van der Waals surface area (Å²) in [6, 6.07) is 22.9. The van der Waals surface area contributed by atoms with Gasteiger partial charge in [-0.15, -0.1) is 11.3 Å². The van der Waals surface area contributed by atoms with Crippen molar-refractivity contribution in [1.29, 1.82) is 0 Å². The number of carbonyl (C=O) groups excluding carboxylic acids is 1. The average Bonchev–Trinajstić information content (AvgIpc) is 3.45. The van der Waals surface area contributed by atoms with Gasteiger partial charge in [0.25, 0.3) is 0 Å². The summed E-state index contributed by atoms with van der Waals surface area (Å²) in [4.78, 5) is 19.3. The third-order valence-corrected chi connectivity index (χ3v) is 11.1. The number of amides is 1. The molecule has 0 saturated carbocycles. The highest BCUT2D eigenvalue weighted by atomic mass is 32.2. The Hall–Kier alpha value is -3.24. The number of rotatable bonds is 6. The maximum Gasteiger partial charge on any atom is 0.243 e. The number of nitrogens with zero attached hydrogens (tertiary/aromatic N) is 3. The van der Waals surface area contributed by atoms with Gasteiger partial charge in [0.2, 0.25) is 15.9 Å². The highest BCUT2D eigenvalue weighted by Crippen LogP contribution is 2.38. The van der Waals surface area contributed by atoms with Crippen LogP contribution < -0.4 is 4.74 Å². The molecule has 0 unspecified atom stereocenters. The minimum Gasteiger partial charge on any atom is -0.497 e. The molecule has 208 valence electrons. The maximum atomic E-state index is 13.6. The molecule has 1 aromatic heterocycles. The minimum absolute atomic E-state index is 0.00292. The third-order valence-electron chi connectivity index (χ3n) is 8.08. The molecule has 2 aliphatic heterocycles. The zero-order valence-corrected chi connectivity index (χ0v) is 24.3. The average molecular weight is 576 g/mol. The second-order valence-electron chi connectivity index (χ2n) is 10.5. The Morgan fingerprint density at radius 2 is 1.75 bits per heavy atom. The van der Waals surface area contributed by atoms with Crippen molar-refractivity contribution in [3.05, 3.63) is 94.2 Å². The number of ether oxygens (including phenoxy) is 1. The van der Waals surface area contributed by atoms with E-state index in [1.54, 1.807) is 34.9 Å². The summed E-state index contributed by atoms with van der Waals surface area (Å²) in [5.74, 6) is 0.838. The highest BCUT2D eigenvalue weighted by molar-refractivity contribution is 7.89. The van der Waals surface area contributed by atoms with E-state index in [0.717, 1.165) is 35.1 Å². The van der Waals surface area contributed by atoms with Gasteiger partial charge in [0.1, 0.15) is 5.75 Å². The number of benzene rings is 3. The fourth-order valence-corrected chi connectivity index (χ4v) is 8.53.